The van der Waals surface area contributed by atoms with Gasteiger partial charge in [0.15, 0.2) is 5.89 Å². The van der Waals surface area contributed by atoms with Crippen molar-refractivity contribution in [2.24, 2.45) is 0 Å². The van der Waals surface area contributed by atoms with Crippen LogP contribution in [0.25, 0.3) is 0 Å². The first kappa shape index (κ1) is 15.0. The number of carbonyl (C=O) groups excluding carboxylic acids is 2. The van der Waals surface area contributed by atoms with Crippen molar-refractivity contribution in [1.82, 2.24) is 15.6 Å². The molecular formula is C14H19N3O5. The van der Waals surface area contributed by atoms with E-state index in [2.05, 4.69) is 15.6 Å². The fourth-order valence-corrected chi connectivity index (χ4v) is 2.92. The minimum absolute atomic E-state index is 0.119. The van der Waals surface area contributed by atoms with E-state index in [1.807, 2.05) is 0 Å². The normalized spacial score (nSPS) is 30.1. The van der Waals surface area contributed by atoms with Crippen LogP contribution in [0.1, 0.15) is 18.5 Å². The second kappa shape index (κ2) is 6.05. The number of aromatic nitrogens is 1. The quantitative estimate of drug-likeness (QED) is 0.763. The smallest absolute Gasteiger partial charge is 0.226 e. The summed E-state index contributed by atoms with van der Waals surface area (Å²) in [6.07, 6.45) is 1.17. The zero-order valence-corrected chi connectivity index (χ0v) is 12.5. The van der Waals surface area contributed by atoms with Crippen LogP contribution < -0.4 is 10.6 Å². The van der Waals surface area contributed by atoms with Crippen LogP contribution in [0, 0.1) is 6.92 Å². The molecule has 0 radical (unpaired) electrons. The lowest BCUT2D eigenvalue weighted by Gasteiger charge is -2.17. The summed E-state index contributed by atoms with van der Waals surface area (Å²) in [4.78, 5) is 27.3. The maximum Gasteiger partial charge on any atom is 0.226 e. The Morgan fingerprint density at radius 3 is 2.41 bits per heavy atom. The number of hydrogen-bond acceptors (Lipinski definition) is 6. The molecule has 0 unspecified atom stereocenters. The van der Waals surface area contributed by atoms with Gasteiger partial charge in [-0.1, -0.05) is 0 Å². The van der Waals surface area contributed by atoms with E-state index in [4.69, 9.17) is 13.9 Å². The number of nitrogens with zero attached hydrogens (tertiary/aromatic N) is 1. The van der Waals surface area contributed by atoms with Crippen LogP contribution in [0.3, 0.4) is 0 Å². The van der Waals surface area contributed by atoms with Gasteiger partial charge in [-0.15, -0.1) is 0 Å². The fraction of sp³-hybridized carbons (Fsp3) is 0.643. The van der Waals surface area contributed by atoms with E-state index in [0.717, 1.165) is 0 Å². The van der Waals surface area contributed by atoms with Crippen LogP contribution >= 0.6 is 0 Å². The van der Waals surface area contributed by atoms with E-state index in [-0.39, 0.29) is 42.5 Å². The molecule has 1 aromatic heterocycles. The molecule has 0 saturated carbocycles. The van der Waals surface area contributed by atoms with Gasteiger partial charge in [0.1, 0.15) is 18.5 Å². The van der Waals surface area contributed by atoms with Crippen molar-refractivity contribution < 1.29 is 23.5 Å². The largest absolute Gasteiger partial charge is 0.449 e. The fourth-order valence-electron chi connectivity index (χ4n) is 2.92. The van der Waals surface area contributed by atoms with Gasteiger partial charge in [-0.2, -0.15) is 0 Å². The van der Waals surface area contributed by atoms with Crippen molar-refractivity contribution in [2.75, 3.05) is 13.2 Å². The van der Waals surface area contributed by atoms with E-state index in [0.29, 0.717) is 24.8 Å². The molecule has 22 heavy (non-hydrogen) atoms. The average molecular weight is 309 g/mol. The van der Waals surface area contributed by atoms with E-state index in [9.17, 15) is 9.59 Å². The van der Waals surface area contributed by atoms with E-state index in [1.54, 1.807) is 6.92 Å². The number of carbonyl (C=O) groups is 2. The highest BCUT2D eigenvalue weighted by molar-refractivity contribution is 5.78. The number of hydrogen-bond donors (Lipinski definition) is 2. The Hall–Kier alpha value is -1.93. The summed E-state index contributed by atoms with van der Waals surface area (Å²) in [5.74, 6) is 0.255. The highest BCUT2D eigenvalue weighted by Crippen LogP contribution is 2.27. The molecule has 2 aliphatic heterocycles. The summed E-state index contributed by atoms with van der Waals surface area (Å²) in [6.45, 7) is 3.95. The number of amides is 2. The van der Waals surface area contributed by atoms with Gasteiger partial charge in [-0.25, -0.2) is 4.98 Å². The third kappa shape index (κ3) is 3.12. The number of rotatable bonds is 4. The second-order valence-electron chi connectivity index (χ2n) is 5.61. The summed E-state index contributed by atoms with van der Waals surface area (Å²) < 4.78 is 16.4. The summed E-state index contributed by atoms with van der Waals surface area (Å²) in [6, 6.07) is -0.383. The molecule has 0 aliphatic carbocycles. The summed E-state index contributed by atoms with van der Waals surface area (Å²) in [7, 11) is 0. The van der Waals surface area contributed by atoms with Gasteiger partial charge in [0, 0.05) is 13.8 Å². The SMILES string of the molecule is CC(=O)N[C@H]1CO[C@H]2[C@@H]1OC[C@@H]2NC(=O)Cc1coc(C)n1. The minimum atomic E-state index is -0.236. The van der Waals surface area contributed by atoms with Gasteiger partial charge in [0.25, 0.3) is 0 Å². The molecule has 0 bridgehead atoms. The van der Waals surface area contributed by atoms with Gasteiger partial charge < -0.3 is 24.5 Å². The molecule has 1 aromatic rings. The first-order valence-corrected chi connectivity index (χ1v) is 7.23. The van der Waals surface area contributed by atoms with Crippen LogP contribution in [-0.4, -0.2) is 54.3 Å². The van der Waals surface area contributed by atoms with Gasteiger partial charge >= 0.3 is 0 Å². The van der Waals surface area contributed by atoms with Crippen LogP contribution in [0.15, 0.2) is 10.7 Å². The molecule has 2 saturated heterocycles. The molecule has 120 valence electrons. The zero-order valence-electron chi connectivity index (χ0n) is 12.5. The highest BCUT2D eigenvalue weighted by atomic mass is 16.6. The van der Waals surface area contributed by atoms with Crippen molar-refractivity contribution in [2.45, 2.75) is 44.6 Å². The van der Waals surface area contributed by atoms with E-state index >= 15 is 0 Å². The monoisotopic (exact) mass is 309 g/mol. The highest BCUT2D eigenvalue weighted by Gasteiger charge is 2.48. The van der Waals surface area contributed by atoms with Crippen molar-refractivity contribution >= 4 is 11.8 Å². The van der Waals surface area contributed by atoms with Crippen LogP contribution in [-0.2, 0) is 25.5 Å². The molecule has 8 nitrogen and oxygen atoms in total. The predicted octanol–water partition coefficient (Wildman–Crippen LogP) is -0.687. The minimum Gasteiger partial charge on any atom is -0.449 e. The Morgan fingerprint density at radius 2 is 1.86 bits per heavy atom. The number of ether oxygens (including phenoxy) is 2. The van der Waals surface area contributed by atoms with Crippen molar-refractivity contribution in [3.63, 3.8) is 0 Å². The van der Waals surface area contributed by atoms with Crippen LogP contribution in [0.4, 0.5) is 0 Å². The Bertz CT molecular complexity index is 573. The molecular weight excluding hydrogens is 290 g/mol. The molecule has 0 aromatic carbocycles. The molecule has 2 fully saturated rings. The van der Waals surface area contributed by atoms with Gasteiger partial charge in [-0.05, 0) is 0 Å². The van der Waals surface area contributed by atoms with Gasteiger partial charge in [0.2, 0.25) is 11.8 Å². The summed E-state index contributed by atoms with van der Waals surface area (Å²) >= 11 is 0. The molecule has 2 amide bonds. The third-order valence-electron chi connectivity index (χ3n) is 3.80. The first-order chi connectivity index (χ1) is 10.5. The number of aryl methyl sites for hydroxylation is 1. The Balaban J connectivity index is 1.54. The lowest BCUT2D eigenvalue weighted by atomic mass is 10.1. The maximum absolute atomic E-state index is 12.1. The Kier molecular flexibility index (Phi) is 4.12. The molecule has 8 heteroatoms. The third-order valence-corrected chi connectivity index (χ3v) is 3.80. The van der Waals surface area contributed by atoms with Crippen LogP contribution in [0.2, 0.25) is 0 Å². The van der Waals surface area contributed by atoms with Crippen molar-refractivity contribution in [3.8, 4) is 0 Å². The number of nitrogens with one attached hydrogen (secondary N) is 2. The van der Waals surface area contributed by atoms with E-state index < -0.39 is 0 Å². The topological polar surface area (TPSA) is 103 Å². The summed E-state index contributed by atoms with van der Waals surface area (Å²) in [5, 5.41) is 5.70. The lowest BCUT2D eigenvalue weighted by Crippen LogP contribution is -2.46. The molecule has 2 N–H and O–H groups in total. The Morgan fingerprint density at radius 1 is 1.23 bits per heavy atom. The maximum atomic E-state index is 12.1. The second-order valence-corrected chi connectivity index (χ2v) is 5.61. The average Bonchev–Trinajstić information content (AvgIpc) is 3.10. The van der Waals surface area contributed by atoms with Crippen LogP contribution in [0.5, 0.6) is 0 Å². The molecule has 4 atom stereocenters. The molecule has 2 aliphatic rings. The zero-order chi connectivity index (χ0) is 15.7. The number of fused-ring (bicyclic) bond motifs is 1. The first-order valence-electron chi connectivity index (χ1n) is 7.23. The van der Waals surface area contributed by atoms with Crippen molar-refractivity contribution in [1.29, 1.82) is 0 Å². The van der Waals surface area contributed by atoms with Crippen molar-refractivity contribution in [3.05, 3.63) is 17.8 Å². The van der Waals surface area contributed by atoms with Gasteiger partial charge in [0.05, 0.1) is 37.4 Å². The molecule has 0 spiro atoms. The molecule has 3 heterocycles. The number of oxazole rings is 1. The predicted molar refractivity (Wildman–Crippen MR) is 74.0 cm³/mol. The summed E-state index contributed by atoms with van der Waals surface area (Å²) in [5.41, 5.74) is 0.592. The molecule has 3 rings (SSSR count). The lowest BCUT2D eigenvalue weighted by molar-refractivity contribution is -0.122. The van der Waals surface area contributed by atoms with Gasteiger partial charge in [-0.3, -0.25) is 9.59 Å². The Labute approximate surface area is 127 Å². The standard InChI is InChI=1S/C14H19N3O5/c1-7(18)15-10-5-21-14-11(6-22-13(10)14)17-12(19)3-9-4-20-8(2)16-9/h4,10-11,13-14H,3,5-6H2,1-2H3,(H,15,18)(H,17,19)/t10-,11-,13+,14+/m0/s1. The van der Waals surface area contributed by atoms with E-state index in [1.165, 1.54) is 13.2 Å².